The van der Waals surface area contributed by atoms with Gasteiger partial charge in [0, 0.05) is 23.4 Å². The van der Waals surface area contributed by atoms with Crippen molar-refractivity contribution in [1.29, 1.82) is 0 Å². The fourth-order valence-electron chi connectivity index (χ4n) is 2.93. The molecule has 26 heavy (non-hydrogen) atoms. The lowest BCUT2D eigenvalue weighted by Gasteiger charge is -2.43. The van der Waals surface area contributed by atoms with E-state index in [1.807, 2.05) is 58.9 Å². The molecule has 0 bridgehead atoms. The van der Waals surface area contributed by atoms with Crippen molar-refractivity contribution in [2.45, 2.75) is 63.9 Å². The Morgan fingerprint density at radius 1 is 1.23 bits per heavy atom. The first-order chi connectivity index (χ1) is 12.0. The Bertz CT molecular complexity index is 648. The Morgan fingerprint density at radius 3 is 2.23 bits per heavy atom. The molecule has 5 nitrogen and oxygen atoms in total. The zero-order valence-electron chi connectivity index (χ0n) is 16.2. The number of amides is 1. The molecule has 0 spiro atoms. The summed E-state index contributed by atoms with van der Waals surface area (Å²) in [5.74, 6) is 0. The van der Waals surface area contributed by atoms with Gasteiger partial charge in [-0.25, -0.2) is 13.7 Å². The van der Waals surface area contributed by atoms with Crippen LogP contribution in [0.4, 0.5) is 4.79 Å². The first kappa shape index (κ1) is 21.2. The molecule has 0 aromatic heterocycles. The molecule has 0 radical (unpaired) electrons. The maximum Gasteiger partial charge on any atom is 0.410 e. The van der Waals surface area contributed by atoms with Crippen molar-refractivity contribution < 1.29 is 13.7 Å². The monoisotopic (exact) mass is 400 g/mol. The highest BCUT2D eigenvalue weighted by atomic mass is 35.5. The van der Waals surface area contributed by atoms with Crippen LogP contribution in [0.1, 0.15) is 53.0 Å². The van der Waals surface area contributed by atoms with Crippen molar-refractivity contribution in [3.05, 3.63) is 34.9 Å². The van der Waals surface area contributed by atoms with Gasteiger partial charge in [-0.3, -0.25) is 0 Å². The Labute approximate surface area is 164 Å². The van der Waals surface area contributed by atoms with Gasteiger partial charge < -0.3 is 9.64 Å². The zero-order valence-corrected chi connectivity index (χ0v) is 17.7. The summed E-state index contributed by atoms with van der Waals surface area (Å²) in [6, 6.07) is 7.63. The van der Waals surface area contributed by atoms with Crippen LogP contribution in [0.25, 0.3) is 0 Å². The fraction of sp³-hybridized carbons (Fsp3) is 0.632. The Morgan fingerprint density at radius 2 is 1.77 bits per heavy atom. The molecule has 146 valence electrons. The van der Waals surface area contributed by atoms with Crippen molar-refractivity contribution in [3.8, 4) is 0 Å². The van der Waals surface area contributed by atoms with Gasteiger partial charge in [0.25, 0.3) is 0 Å². The van der Waals surface area contributed by atoms with Crippen molar-refractivity contribution >= 4 is 28.7 Å². The Hall–Kier alpha value is -1.11. The summed E-state index contributed by atoms with van der Waals surface area (Å²) in [5.41, 5.74) is 0.0805. The highest BCUT2D eigenvalue weighted by molar-refractivity contribution is 7.83. The summed E-state index contributed by atoms with van der Waals surface area (Å²) in [7, 11) is -1.17. The average molecular weight is 401 g/mol. The topological polar surface area (TPSA) is 58.6 Å². The molecule has 1 aromatic carbocycles. The van der Waals surface area contributed by atoms with Crippen LogP contribution in [0, 0.1) is 0 Å². The van der Waals surface area contributed by atoms with Crippen LogP contribution < -0.4 is 4.72 Å². The lowest BCUT2D eigenvalue weighted by molar-refractivity contribution is 0.0158. The van der Waals surface area contributed by atoms with Crippen molar-refractivity contribution in [3.63, 3.8) is 0 Å². The zero-order chi connectivity index (χ0) is 19.5. The molecule has 1 aromatic rings. The molecule has 1 amide bonds. The van der Waals surface area contributed by atoms with Gasteiger partial charge in [-0.1, -0.05) is 23.7 Å². The van der Waals surface area contributed by atoms with Crippen LogP contribution >= 0.6 is 11.6 Å². The number of hydrogen-bond acceptors (Lipinski definition) is 3. The van der Waals surface area contributed by atoms with Gasteiger partial charge >= 0.3 is 6.09 Å². The number of benzene rings is 1. The van der Waals surface area contributed by atoms with Crippen LogP contribution in [-0.2, 0) is 21.3 Å². The molecule has 7 heteroatoms. The van der Waals surface area contributed by atoms with E-state index >= 15 is 0 Å². The highest BCUT2D eigenvalue weighted by Gasteiger charge is 2.40. The minimum absolute atomic E-state index is 0.00283. The number of nitrogens with zero attached hydrogens (tertiary/aromatic N) is 1. The molecule has 2 rings (SSSR count). The number of carbonyl (C=O) groups excluding carboxylic acids is 1. The van der Waals surface area contributed by atoms with E-state index in [2.05, 4.69) is 4.72 Å². The van der Waals surface area contributed by atoms with E-state index in [1.54, 1.807) is 4.90 Å². The standard InChI is InChI=1S/C19H29ClN2O3S/c1-14(2)26(24)21-19(15-6-8-16(20)9-7-15)10-12-22(13-11-19)17(23)25-18(3,4)5/h6-9,14,21H,10-13H2,1-5H3. The Kier molecular flexibility index (Phi) is 6.75. The lowest BCUT2D eigenvalue weighted by atomic mass is 9.82. The quantitative estimate of drug-likeness (QED) is 0.822. The first-order valence-corrected chi connectivity index (χ1v) is 10.5. The lowest BCUT2D eigenvalue weighted by Crippen LogP contribution is -2.54. The average Bonchev–Trinajstić information content (AvgIpc) is 2.54. The van der Waals surface area contributed by atoms with Crippen LogP contribution in [0.3, 0.4) is 0 Å². The highest BCUT2D eigenvalue weighted by Crippen LogP contribution is 2.35. The second kappa shape index (κ2) is 8.28. The number of halogens is 1. The third kappa shape index (κ3) is 5.44. The number of likely N-dealkylation sites (tertiary alicyclic amines) is 1. The van der Waals surface area contributed by atoms with E-state index in [9.17, 15) is 9.00 Å². The number of nitrogens with one attached hydrogen (secondary N) is 1. The molecule has 1 N–H and O–H groups in total. The SMILES string of the molecule is CC(C)S(=O)NC1(c2ccc(Cl)cc2)CCN(C(=O)OC(C)(C)C)CC1. The molecule has 0 saturated carbocycles. The van der Waals surface area contributed by atoms with Crippen LogP contribution in [0.5, 0.6) is 0 Å². The molecular weight excluding hydrogens is 372 g/mol. The van der Waals surface area contributed by atoms with Gasteiger partial charge in [0.15, 0.2) is 0 Å². The van der Waals surface area contributed by atoms with Crippen molar-refractivity contribution in [2.24, 2.45) is 0 Å². The molecule has 0 aliphatic carbocycles. The van der Waals surface area contributed by atoms with Crippen molar-refractivity contribution in [2.75, 3.05) is 13.1 Å². The Balaban J connectivity index is 2.19. The van der Waals surface area contributed by atoms with E-state index in [0.29, 0.717) is 31.0 Å². The van der Waals surface area contributed by atoms with Gasteiger partial charge in [-0.05, 0) is 65.2 Å². The molecule has 1 heterocycles. The first-order valence-electron chi connectivity index (χ1n) is 8.95. The van der Waals surface area contributed by atoms with E-state index in [4.69, 9.17) is 16.3 Å². The smallest absolute Gasteiger partial charge is 0.410 e. The second-order valence-electron chi connectivity index (χ2n) is 8.00. The number of carbonyl (C=O) groups is 1. The minimum atomic E-state index is -1.17. The molecule has 1 atom stereocenters. The molecule has 1 fully saturated rings. The number of piperidine rings is 1. The summed E-state index contributed by atoms with van der Waals surface area (Å²) in [6.07, 6.45) is 1.02. The van der Waals surface area contributed by atoms with Crippen LogP contribution in [0.15, 0.2) is 24.3 Å². The predicted octanol–water partition coefficient (Wildman–Crippen LogP) is 4.23. The van der Waals surface area contributed by atoms with E-state index in [-0.39, 0.29) is 11.3 Å². The summed E-state index contributed by atoms with van der Waals surface area (Å²) in [5, 5.41) is 0.670. The van der Waals surface area contributed by atoms with Crippen LogP contribution in [-0.4, -0.2) is 39.1 Å². The van der Waals surface area contributed by atoms with Crippen molar-refractivity contribution in [1.82, 2.24) is 9.62 Å². The predicted molar refractivity (Wildman–Crippen MR) is 107 cm³/mol. The van der Waals surface area contributed by atoms with Gasteiger partial charge in [0.05, 0.1) is 16.5 Å². The molecular formula is C19H29ClN2O3S. The minimum Gasteiger partial charge on any atom is -0.444 e. The normalized spacial score (nSPS) is 18.7. The molecule has 1 aliphatic heterocycles. The third-order valence-corrected chi connectivity index (χ3v) is 6.09. The van der Waals surface area contributed by atoms with Crippen LogP contribution in [0.2, 0.25) is 5.02 Å². The fourth-order valence-corrected chi connectivity index (χ4v) is 4.00. The maximum atomic E-state index is 12.5. The van der Waals surface area contributed by atoms with E-state index in [0.717, 1.165) is 5.56 Å². The number of rotatable bonds is 4. The van der Waals surface area contributed by atoms with E-state index in [1.165, 1.54) is 0 Å². The second-order valence-corrected chi connectivity index (χ2v) is 10.2. The molecule has 1 saturated heterocycles. The van der Waals surface area contributed by atoms with E-state index < -0.39 is 22.1 Å². The summed E-state index contributed by atoms with van der Waals surface area (Å²) < 4.78 is 21.3. The summed E-state index contributed by atoms with van der Waals surface area (Å²) >= 11 is 6.03. The summed E-state index contributed by atoms with van der Waals surface area (Å²) in [6.45, 7) is 10.5. The largest absolute Gasteiger partial charge is 0.444 e. The molecule has 1 unspecified atom stereocenters. The van der Waals surface area contributed by atoms with Gasteiger partial charge in [0.1, 0.15) is 5.60 Å². The van der Waals surface area contributed by atoms with Gasteiger partial charge in [0.2, 0.25) is 0 Å². The third-order valence-electron chi connectivity index (χ3n) is 4.39. The van der Waals surface area contributed by atoms with Gasteiger partial charge in [-0.2, -0.15) is 0 Å². The molecule has 1 aliphatic rings. The number of ether oxygens (including phenoxy) is 1. The summed E-state index contributed by atoms with van der Waals surface area (Å²) in [4.78, 5) is 14.1. The number of hydrogen-bond donors (Lipinski definition) is 1. The maximum absolute atomic E-state index is 12.5. The van der Waals surface area contributed by atoms with Gasteiger partial charge in [-0.15, -0.1) is 0 Å².